The molecule has 0 spiro atoms. The van der Waals surface area contributed by atoms with Gasteiger partial charge in [-0.25, -0.2) is 8.78 Å². The van der Waals surface area contributed by atoms with E-state index in [4.69, 9.17) is 0 Å². The average molecular weight is 317 g/mol. The van der Waals surface area contributed by atoms with Gasteiger partial charge in [0, 0.05) is 21.9 Å². The van der Waals surface area contributed by atoms with Crippen LogP contribution in [0.15, 0.2) is 33.4 Å². The van der Waals surface area contributed by atoms with Gasteiger partial charge in [0.2, 0.25) is 0 Å². The lowest BCUT2D eigenvalue weighted by Crippen LogP contribution is -1.88. The summed E-state index contributed by atoms with van der Waals surface area (Å²) >= 11 is 1.85. The number of halogens is 2. The standard InChI is InChI=1S/C12H9F2NO3S2/c1-6(16)11-5-9(15(17)18)12(20-11)19-10-3-2-7(13)4-8(10)14/h2-6,16H,1H3. The molecule has 0 saturated heterocycles. The summed E-state index contributed by atoms with van der Waals surface area (Å²) in [7, 11) is 0. The van der Waals surface area contributed by atoms with Crippen LogP contribution in [0.2, 0.25) is 0 Å². The van der Waals surface area contributed by atoms with Crippen molar-refractivity contribution in [2.45, 2.75) is 22.1 Å². The molecule has 1 N–H and O–H groups in total. The van der Waals surface area contributed by atoms with E-state index < -0.39 is 22.7 Å². The summed E-state index contributed by atoms with van der Waals surface area (Å²) in [6.07, 6.45) is -0.842. The molecule has 106 valence electrons. The van der Waals surface area contributed by atoms with Gasteiger partial charge in [0.1, 0.15) is 15.8 Å². The van der Waals surface area contributed by atoms with Crippen molar-refractivity contribution >= 4 is 28.8 Å². The number of nitrogens with zero attached hydrogens (tertiary/aromatic N) is 1. The van der Waals surface area contributed by atoms with Crippen molar-refractivity contribution in [3.63, 3.8) is 0 Å². The summed E-state index contributed by atoms with van der Waals surface area (Å²) < 4.78 is 26.6. The highest BCUT2D eigenvalue weighted by Gasteiger charge is 2.22. The molecule has 0 aliphatic rings. The van der Waals surface area contributed by atoms with E-state index in [2.05, 4.69) is 0 Å². The molecular formula is C12H9F2NO3S2. The van der Waals surface area contributed by atoms with E-state index >= 15 is 0 Å². The number of nitro groups is 1. The maximum atomic E-state index is 13.6. The van der Waals surface area contributed by atoms with Gasteiger partial charge in [-0.3, -0.25) is 10.1 Å². The van der Waals surface area contributed by atoms with E-state index in [1.54, 1.807) is 0 Å². The predicted octanol–water partition coefficient (Wildman–Crippen LogP) is 4.14. The Morgan fingerprint density at radius 3 is 2.65 bits per heavy atom. The van der Waals surface area contributed by atoms with Crippen LogP contribution in [0.5, 0.6) is 0 Å². The van der Waals surface area contributed by atoms with Crippen LogP contribution in [0.1, 0.15) is 17.9 Å². The van der Waals surface area contributed by atoms with Gasteiger partial charge in [-0.1, -0.05) is 11.8 Å². The Morgan fingerprint density at radius 1 is 1.40 bits per heavy atom. The quantitative estimate of drug-likeness (QED) is 0.680. The molecule has 0 aliphatic carbocycles. The normalized spacial score (nSPS) is 12.4. The molecule has 1 atom stereocenters. The summed E-state index contributed by atoms with van der Waals surface area (Å²) in [5, 5.41) is 20.4. The van der Waals surface area contributed by atoms with Crippen LogP contribution >= 0.6 is 23.1 Å². The molecular weight excluding hydrogens is 308 g/mol. The van der Waals surface area contributed by atoms with Gasteiger partial charge in [-0.05, 0) is 19.1 Å². The van der Waals surface area contributed by atoms with Gasteiger partial charge >= 0.3 is 0 Å². The van der Waals surface area contributed by atoms with Gasteiger partial charge in [0.15, 0.2) is 0 Å². The van der Waals surface area contributed by atoms with Gasteiger partial charge in [0.25, 0.3) is 5.69 Å². The van der Waals surface area contributed by atoms with E-state index in [1.165, 1.54) is 19.1 Å². The van der Waals surface area contributed by atoms with E-state index in [-0.39, 0.29) is 14.8 Å². The largest absolute Gasteiger partial charge is 0.388 e. The van der Waals surface area contributed by atoms with Crippen molar-refractivity contribution in [1.82, 2.24) is 0 Å². The molecule has 1 heterocycles. The fourth-order valence-corrected chi connectivity index (χ4v) is 3.69. The summed E-state index contributed by atoms with van der Waals surface area (Å²) in [4.78, 5) is 10.9. The molecule has 0 fully saturated rings. The minimum atomic E-state index is -0.842. The lowest BCUT2D eigenvalue weighted by Gasteiger charge is -2.01. The first kappa shape index (κ1) is 14.9. The van der Waals surface area contributed by atoms with E-state index in [9.17, 15) is 24.0 Å². The zero-order valence-corrected chi connectivity index (χ0v) is 11.8. The Bertz CT molecular complexity index is 658. The number of hydrogen-bond acceptors (Lipinski definition) is 5. The third-order valence-electron chi connectivity index (χ3n) is 2.40. The highest BCUT2D eigenvalue weighted by Crippen LogP contribution is 2.43. The maximum absolute atomic E-state index is 13.6. The Hall–Kier alpha value is -1.51. The molecule has 0 amide bonds. The number of thiophene rings is 1. The summed E-state index contributed by atoms with van der Waals surface area (Å²) in [5.41, 5.74) is -0.195. The lowest BCUT2D eigenvalue weighted by molar-refractivity contribution is -0.387. The van der Waals surface area contributed by atoms with Crippen LogP contribution in [0, 0.1) is 21.7 Å². The van der Waals surface area contributed by atoms with E-state index in [0.717, 1.165) is 35.2 Å². The van der Waals surface area contributed by atoms with Crippen molar-refractivity contribution in [3.05, 3.63) is 50.9 Å². The number of aliphatic hydroxyl groups is 1. The molecule has 20 heavy (non-hydrogen) atoms. The van der Waals surface area contributed by atoms with Gasteiger partial charge in [-0.2, -0.15) is 0 Å². The molecule has 1 aromatic heterocycles. The summed E-state index contributed by atoms with van der Waals surface area (Å²) in [6, 6.07) is 4.29. The number of benzene rings is 1. The predicted molar refractivity (Wildman–Crippen MR) is 72.1 cm³/mol. The van der Waals surface area contributed by atoms with Gasteiger partial charge < -0.3 is 5.11 Å². The topological polar surface area (TPSA) is 63.4 Å². The van der Waals surface area contributed by atoms with Crippen molar-refractivity contribution in [2.75, 3.05) is 0 Å². The summed E-state index contributed by atoms with van der Waals surface area (Å²) in [5.74, 6) is -1.49. The second-order valence-corrected chi connectivity index (χ2v) is 6.33. The first-order valence-corrected chi connectivity index (χ1v) is 7.11. The summed E-state index contributed by atoms with van der Waals surface area (Å²) in [6.45, 7) is 1.49. The van der Waals surface area contributed by atoms with Crippen LogP contribution < -0.4 is 0 Å². The second kappa shape index (κ2) is 5.86. The molecule has 2 aromatic rings. The molecule has 2 rings (SSSR count). The molecule has 0 radical (unpaired) electrons. The number of hydrogen-bond donors (Lipinski definition) is 1. The van der Waals surface area contributed by atoms with Crippen LogP contribution in [0.25, 0.3) is 0 Å². The van der Waals surface area contributed by atoms with Gasteiger partial charge in [0.05, 0.1) is 11.0 Å². The Labute approximate surface area is 121 Å². The van der Waals surface area contributed by atoms with Crippen LogP contribution in [0.4, 0.5) is 14.5 Å². The van der Waals surface area contributed by atoms with Crippen molar-refractivity contribution < 1.29 is 18.8 Å². The monoisotopic (exact) mass is 317 g/mol. The molecule has 1 aromatic carbocycles. The zero-order valence-electron chi connectivity index (χ0n) is 10.2. The van der Waals surface area contributed by atoms with Crippen LogP contribution in [0.3, 0.4) is 0 Å². The third-order valence-corrected chi connectivity index (χ3v) is 4.94. The minimum absolute atomic E-state index is 0.0912. The smallest absolute Gasteiger partial charge is 0.294 e. The Balaban J connectivity index is 2.39. The minimum Gasteiger partial charge on any atom is -0.388 e. The fraction of sp³-hybridized carbons (Fsp3) is 0.167. The third kappa shape index (κ3) is 3.14. The van der Waals surface area contributed by atoms with E-state index in [1.807, 2.05) is 0 Å². The highest BCUT2D eigenvalue weighted by molar-refractivity contribution is 8.01. The average Bonchev–Trinajstić information content (AvgIpc) is 2.77. The molecule has 0 aliphatic heterocycles. The second-order valence-electron chi connectivity index (χ2n) is 3.93. The number of rotatable bonds is 4. The fourth-order valence-electron chi connectivity index (χ4n) is 1.45. The molecule has 4 nitrogen and oxygen atoms in total. The van der Waals surface area contributed by atoms with Crippen LogP contribution in [-0.4, -0.2) is 10.0 Å². The van der Waals surface area contributed by atoms with E-state index in [0.29, 0.717) is 4.88 Å². The Kier molecular flexibility index (Phi) is 4.36. The molecule has 1 unspecified atom stereocenters. The maximum Gasteiger partial charge on any atom is 0.294 e. The molecule has 0 bridgehead atoms. The first-order valence-electron chi connectivity index (χ1n) is 5.47. The zero-order chi connectivity index (χ0) is 14.9. The SMILES string of the molecule is CC(O)c1cc([N+](=O)[O-])c(Sc2ccc(F)cc2F)s1. The molecule has 8 heteroatoms. The number of aliphatic hydroxyl groups excluding tert-OH is 1. The highest BCUT2D eigenvalue weighted by atomic mass is 32.2. The first-order chi connectivity index (χ1) is 9.38. The van der Waals surface area contributed by atoms with Crippen LogP contribution in [-0.2, 0) is 0 Å². The van der Waals surface area contributed by atoms with Crippen molar-refractivity contribution in [2.24, 2.45) is 0 Å². The van der Waals surface area contributed by atoms with Crippen molar-refractivity contribution in [3.8, 4) is 0 Å². The Morgan fingerprint density at radius 2 is 2.10 bits per heavy atom. The molecule has 0 saturated carbocycles. The van der Waals surface area contributed by atoms with Gasteiger partial charge in [-0.15, -0.1) is 11.3 Å². The van der Waals surface area contributed by atoms with Crippen molar-refractivity contribution in [1.29, 1.82) is 0 Å². The lowest BCUT2D eigenvalue weighted by atomic mass is 10.3.